The first-order valence-corrected chi connectivity index (χ1v) is 14.1. The molecule has 36 heavy (non-hydrogen) atoms. The number of hydrogen-bond donors (Lipinski definition) is 0. The SMILES string of the molecule is CCCCN(CC(=O)N(CCc1ccc(OC)c(OC)c1)Cc1sccc1C)C(=O)C1CCCCC1. The van der Waals surface area contributed by atoms with Gasteiger partial charge in [-0.25, -0.2) is 0 Å². The van der Waals surface area contributed by atoms with Gasteiger partial charge < -0.3 is 19.3 Å². The van der Waals surface area contributed by atoms with Gasteiger partial charge in [-0.05, 0) is 67.3 Å². The summed E-state index contributed by atoms with van der Waals surface area (Å²) in [5, 5.41) is 2.07. The lowest BCUT2D eigenvalue weighted by Gasteiger charge is -2.31. The third kappa shape index (κ3) is 7.73. The number of ether oxygens (including phenoxy) is 2. The van der Waals surface area contributed by atoms with Crippen LogP contribution in [0.15, 0.2) is 29.6 Å². The van der Waals surface area contributed by atoms with Crippen molar-refractivity contribution in [2.24, 2.45) is 5.92 Å². The number of unbranched alkanes of at least 4 members (excludes halogenated alkanes) is 1. The molecule has 2 aromatic rings. The second-order valence-electron chi connectivity index (χ2n) is 9.73. The van der Waals surface area contributed by atoms with Crippen LogP contribution in [0.5, 0.6) is 11.5 Å². The zero-order chi connectivity index (χ0) is 25.9. The van der Waals surface area contributed by atoms with E-state index < -0.39 is 0 Å². The van der Waals surface area contributed by atoms with E-state index in [1.807, 2.05) is 28.0 Å². The average Bonchev–Trinajstić information content (AvgIpc) is 3.32. The molecule has 0 atom stereocenters. The minimum atomic E-state index is 0.0172. The molecule has 1 fully saturated rings. The number of nitrogens with zero attached hydrogens (tertiary/aromatic N) is 2. The van der Waals surface area contributed by atoms with Gasteiger partial charge in [-0.15, -0.1) is 11.3 Å². The van der Waals surface area contributed by atoms with Crippen LogP contribution in [-0.2, 0) is 22.6 Å². The lowest BCUT2D eigenvalue weighted by atomic mass is 9.88. The topological polar surface area (TPSA) is 59.1 Å². The quantitative estimate of drug-likeness (QED) is 0.336. The number of benzene rings is 1. The Morgan fingerprint density at radius 3 is 2.39 bits per heavy atom. The summed E-state index contributed by atoms with van der Waals surface area (Å²) in [6.07, 6.45) is 7.95. The molecule has 198 valence electrons. The molecule has 0 N–H and O–H groups in total. The number of hydrogen-bond acceptors (Lipinski definition) is 5. The van der Waals surface area contributed by atoms with Gasteiger partial charge in [0, 0.05) is 23.9 Å². The summed E-state index contributed by atoms with van der Waals surface area (Å²) in [7, 11) is 3.26. The van der Waals surface area contributed by atoms with Crippen molar-refractivity contribution >= 4 is 23.2 Å². The molecule has 0 bridgehead atoms. The Kier molecular flexibility index (Phi) is 11.1. The van der Waals surface area contributed by atoms with E-state index >= 15 is 0 Å². The zero-order valence-electron chi connectivity index (χ0n) is 22.4. The van der Waals surface area contributed by atoms with Gasteiger partial charge >= 0.3 is 0 Å². The number of aryl methyl sites for hydroxylation is 1. The summed E-state index contributed by atoms with van der Waals surface area (Å²) in [5.74, 6) is 1.64. The summed E-state index contributed by atoms with van der Waals surface area (Å²) in [4.78, 5) is 32.0. The highest BCUT2D eigenvalue weighted by atomic mass is 32.1. The number of carbonyl (C=O) groups is 2. The van der Waals surface area contributed by atoms with E-state index in [0.717, 1.165) is 44.1 Å². The Morgan fingerprint density at radius 2 is 1.75 bits per heavy atom. The number of rotatable bonds is 13. The molecule has 1 saturated carbocycles. The molecule has 2 amide bonds. The summed E-state index contributed by atoms with van der Waals surface area (Å²) >= 11 is 1.68. The predicted octanol–water partition coefficient (Wildman–Crippen LogP) is 5.85. The molecule has 1 aromatic carbocycles. The van der Waals surface area contributed by atoms with Gasteiger partial charge in [-0.1, -0.05) is 38.7 Å². The molecule has 1 aromatic heterocycles. The molecule has 3 rings (SSSR count). The van der Waals surface area contributed by atoms with Crippen LogP contribution in [0.4, 0.5) is 0 Å². The molecule has 6 nitrogen and oxygen atoms in total. The minimum Gasteiger partial charge on any atom is -0.493 e. The standard InChI is InChI=1S/C29H42N2O4S/c1-5-6-16-31(29(33)24-10-8-7-9-11-24)21-28(32)30(20-27-22(2)15-18-36-27)17-14-23-12-13-25(34-3)26(19-23)35-4/h12-13,15,18-19,24H,5-11,14,16-17,20-21H2,1-4H3. The molecule has 0 radical (unpaired) electrons. The third-order valence-electron chi connectivity index (χ3n) is 7.15. The van der Waals surface area contributed by atoms with E-state index in [1.54, 1.807) is 25.6 Å². The average molecular weight is 515 g/mol. The Hall–Kier alpha value is -2.54. The monoisotopic (exact) mass is 514 g/mol. The van der Waals surface area contributed by atoms with Crippen molar-refractivity contribution in [2.45, 2.75) is 71.8 Å². The molecule has 1 heterocycles. The van der Waals surface area contributed by atoms with Crippen LogP contribution in [-0.4, -0.2) is 55.5 Å². The lowest BCUT2D eigenvalue weighted by molar-refractivity contribution is -0.144. The number of thiophene rings is 1. The van der Waals surface area contributed by atoms with Gasteiger partial charge in [0.2, 0.25) is 11.8 Å². The first-order chi connectivity index (χ1) is 17.5. The lowest BCUT2D eigenvalue weighted by Crippen LogP contribution is -2.46. The van der Waals surface area contributed by atoms with Crippen molar-refractivity contribution < 1.29 is 19.1 Å². The van der Waals surface area contributed by atoms with Crippen LogP contribution < -0.4 is 9.47 Å². The third-order valence-corrected chi connectivity index (χ3v) is 8.16. The van der Waals surface area contributed by atoms with Crippen LogP contribution in [0.3, 0.4) is 0 Å². The highest BCUT2D eigenvalue weighted by molar-refractivity contribution is 7.10. The summed E-state index contributed by atoms with van der Waals surface area (Å²) in [6.45, 7) is 6.16. The van der Waals surface area contributed by atoms with Crippen LogP contribution in [0.25, 0.3) is 0 Å². The molecule has 7 heteroatoms. The largest absolute Gasteiger partial charge is 0.493 e. The van der Waals surface area contributed by atoms with Gasteiger partial charge in [0.05, 0.1) is 27.3 Å². The predicted molar refractivity (Wildman–Crippen MR) is 146 cm³/mol. The highest BCUT2D eigenvalue weighted by Gasteiger charge is 2.28. The maximum absolute atomic E-state index is 13.7. The summed E-state index contributed by atoms with van der Waals surface area (Å²) in [6, 6.07) is 7.98. The maximum Gasteiger partial charge on any atom is 0.242 e. The number of methoxy groups -OCH3 is 2. The molecule has 1 aliphatic carbocycles. The van der Waals surface area contributed by atoms with Crippen molar-refractivity contribution in [3.05, 3.63) is 45.6 Å². The second kappa shape index (κ2) is 14.3. The van der Waals surface area contributed by atoms with Gasteiger partial charge in [0.25, 0.3) is 0 Å². The van der Waals surface area contributed by atoms with Gasteiger partial charge in [0.15, 0.2) is 11.5 Å². The first kappa shape index (κ1) is 28.0. The van der Waals surface area contributed by atoms with Gasteiger partial charge in [-0.2, -0.15) is 0 Å². The fourth-order valence-electron chi connectivity index (χ4n) is 4.82. The molecular formula is C29H42N2O4S. The van der Waals surface area contributed by atoms with E-state index in [0.29, 0.717) is 37.6 Å². The maximum atomic E-state index is 13.7. The van der Waals surface area contributed by atoms with E-state index in [4.69, 9.17) is 9.47 Å². The van der Waals surface area contributed by atoms with Crippen molar-refractivity contribution in [1.29, 1.82) is 0 Å². The Balaban J connectivity index is 1.75. The van der Waals surface area contributed by atoms with Crippen molar-refractivity contribution in [1.82, 2.24) is 9.80 Å². The summed E-state index contributed by atoms with van der Waals surface area (Å²) in [5.41, 5.74) is 2.28. The van der Waals surface area contributed by atoms with Gasteiger partial charge in [-0.3, -0.25) is 9.59 Å². The van der Waals surface area contributed by atoms with Crippen molar-refractivity contribution in [3.63, 3.8) is 0 Å². The highest BCUT2D eigenvalue weighted by Crippen LogP contribution is 2.28. The van der Waals surface area contributed by atoms with E-state index in [9.17, 15) is 9.59 Å². The number of carbonyl (C=O) groups excluding carboxylic acids is 2. The molecule has 0 saturated heterocycles. The Morgan fingerprint density at radius 1 is 1.00 bits per heavy atom. The van der Waals surface area contributed by atoms with Crippen LogP contribution in [0.2, 0.25) is 0 Å². The molecule has 0 aliphatic heterocycles. The fraction of sp³-hybridized carbons (Fsp3) is 0.586. The minimum absolute atomic E-state index is 0.0172. The molecule has 0 spiro atoms. The normalized spacial score (nSPS) is 13.9. The fourth-order valence-corrected chi connectivity index (χ4v) is 5.74. The Labute approximate surface area is 220 Å². The smallest absolute Gasteiger partial charge is 0.242 e. The summed E-state index contributed by atoms with van der Waals surface area (Å²) < 4.78 is 10.8. The Bertz CT molecular complexity index is 983. The number of amides is 2. The van der Waals surface area contributed by atoms with Gasteiger partial charge in [0.1, 0.15) is 0 Å². The van der Waals surface area contributed by atoms with E-state index in [1.165, 1.54) is 16.9 Å². The van der Waals surface area contributed by atoms with Crippen molar-refractivity contribution in [3.8, 4) is 11.5 Å². The molecule has 1 aliphatic rings. The molecular weight excluding hydrogens is 472 g/mol. The van der Waals surface area contributed by atoms with Crippen molar-refractivity contribution in [2.75, 3.05) is 33.9 Å². The first-order valence-electron chi connectivity index (χ1n) is 13.3. The molecule has 0 unspecified atom stereocenters. The second-order valence-corrected chi connectivity index (χ2v) is 10.7. The van der Waals surface area contributed by atoms with Crippen LogP contribution in [0.1, 0.15) is 67.9 Å². The van der Waals surface area contributed by atoms with Crippen LogP contribution >= 0.6 is 11.3 Å². The van der Waals surface area contributed by atoms with Crippen LogP contribution in [0, 0.1) is 12.8 Å². The van der Waals surface area contributed by atoms with E-state index in [-0.39, 0.29) is 24.3 Å². The van der Waals surface area contributed by atoms with E-state index in [2.05, 4.69) is 25.3 Å². The zero-order valence-corrected chi connectivity index (χ0v) is 23.2.